The summed E-state index contributed by atoms with van der Waals surface area (Å²) in [6.45, 7) is 0.446. The first kappa shape index (κ1) is 14.0. The summed E-state index contributed by atoms with van der Waals surface area (Å²) >= 11 is 0. The minimum Gasteiger partial charge on any atom is -0.396 e. The Hall–Kier alpha value is -2.91. The molecule has 0 bridgehead atoms. The number of aromatic amines is 1. The highest BCUT2D eigenvalue weighted by atomic mass is 16.3. The molecule has 0 amide bonds. The van der Waals surface area contributed by atoms with E-state index in [2.05, 4.69) is 16.0 Å². The highest BCUT2D eigenvalue weighted by molar-refractivity contribution is 5.91. The number of benzene rings is 1. The van der Waals surface area contributed by atoms with Crippen molar-refractivity contribution >= 4 is 11.0 Å². The molecule has 3 aromatic rings. The van der Waals surface area contributed by atoms with Gasteiger partial charge in [0.15, 0.2) is 0 Å². The van der Waals surface area contributed by atoms with Gasteiger partial charge in [-0.1, -0.05) is 30.3 Å². The lowest BCUT2D eigenvalue weighted by atomic mass is 10.1. The van der Waals surface area contributed by atoms with Crippen LogP contribution in [0.1, 0.15) is 12.0 Å². The molecule has 0 saturated carbocycles. The van der Waals surface area contributed by atoms with Crippen LogP contribution < -0.4 is 5.56 Å². The summed E-state index contributed by atoms with van der Waals surface area (Å²) in [7, 11) is 0. The van der Waals surface area contributed by atoms with Gasteiger partial charge in [0.1, 0.15) is 22.7 Å². The molecule has 110 valence electrons. The van der Waals surface area contributed by atoms with Crippen molar-refractivity contribution in [2.24, 2.45) is 0 Å². The first-order chi connectivity index (χ1) is 10.8. The van der Waals surface area contributed by atoms with E-state index in [1.165, 1.54) is 6.33 Å². The van der Waals surface area contributed by atoms with Gasteiger partial charge < -0.3 is 14.7 Å². The van der Waals surface area contributed by atoms with Gasteiger partial charge in [0.2, 0.25) is 0 Å². The van der Waals surface area contributed by atoms with E-state index in [1.807, 2.05) is 30.3 Å². The van der Waals surface area contributed by atoms with Crippen molar-refractivity contribution in [2.75, 3.05) is 6.61 Å². The Morgan fingerprint density at radius 3 is 2.77 bits per heavy atom. The average molecular weight is 294 g/mol. The normalized spacial score (nSPS) is 10.7. The molecule has 2 aromatic heterocycles. The molecular weight excluding hydrogens is 280 g/mol. The second-order valence-electron chi connectivity index (χ2n) is 4.86. The summed E-state index contributed by atoms with van der Waals surface area (Å²) in [5.74, 6) is 0. The Kier molecular flexibility index (Phi) is 3.73. The SMILES string of the molecule is N#Cc1c(-c2ccccc2)n(CCCO)c2c(=O)[nH]cnc12. The van der Waals surface area contributed by atoms with Crippen LogP contribution in [-0.4, -0.2) is 26.2 Å². The molecule has 0 spiro atoms. The highest BCUT2D eigenvalue weighted by Crippen LogP contribution is 2.30. The lowest BCUT2D eigenvalue weighted by Gasteiger charge is -2.09. The number of H-pyrrole nitrogens is 1. The van der Waals surface area contributed by atoms with Crippen molar-refractivity contribution < 1.29 is 5.11 Å². The third kappa shape index (κ3) is 2.18. The highest BCUT2D eigenvalue weighted by Gasteiger charge is 2.21. The number of aromatic nitrogens is 3. The summed E-state index contributed by atoms with van der Waals surface area (Å²) in [5, 5.41) is 18.7. The van der Waals surface area contributed by atoms with Crippen LogP contribution >= 0.6 is 0 Å². The summed E-state index contributed by atoms with van der Waals surface area (Å²) in [4.78, 5) is 18.9. The maximum Gasteiger partial charge on any atom is 0.275 e. The zero-order valence-corrected chi connectivity index (χ0v) is 11.8. The minimum atomic E-state index is -0.290. The van der Waals surface area contributed by atoms with E-state index in [4.69, 9.17) is 5.11 Å². The molecule has 2 N–H and O–H groups in total. The molecule has 0 atom stereocenters. The van der Waals surface area contributed by atoms with Crippen molar-refractivity contribution in [3.8, 4) is 17.3 Å². The smallest absolute Gasteiger partial charge is 0.275 e. The second kappa shape index (κ2) is 5.84. The second-order valence-corrected chi connectivity index (χ2v) is 4.86. The van der Waals surface area contributed by atoms with Crippen molar-refractivity contribution in [1.29, 1.82) is 5.26 Å². The molecule has 1 aromatic carbocycles. The number of rotatable bonds is 4. The molecule has 22 heavy (non-hydrogen) atoms. The quantitative estimate of drug-likeness (QED) is 0.764. The number of nitrogens with zero attached hydrogens (tertiary/aromatic N) is 3. The number of aliphatic hydroxyl groups is 1. The molecule has 0 aliphatic rings. The van der Waals surface area contributed by atoms with Crippen molar-refractivity contribution in [1.82, 2.24) is 14.5 Å². The Bertz CT molecular complexity index is 904. The van der Waals surface area contributed by atoms with Gasteiger partial charge in [-0.2, -0.15) is 5.26 Å². The van der Waals surface area contributed by atoms with Crippen molar-refractivity contribution in [3.05, 3.63) is 52.6 Å². The van der Waals surface area contributed by atoms with Crippen LogP contribution in [0.2, 0.25) is 0 Å². The zero-order valence-electron chi connectivity index (χ0n) is 11.8. The number of aryl methyl sites for hydroxylation is 1. The topological polar surface area (TPSA) is 94.7 Å². The van der Waals surface area contributed by atoms with Crippen LogP contribution in [0.15, 0.2) is 41.5 Å². The van der Waals surface area contributed by atoms with Crippen LogP contribution in [-0.2, 0) is 6.54 Å². The van der Waals surface area contributed by atoms with Gasteiger partial charge in [0, 0.05) is 13.2 Å². The maximum absolute atomic E-state index is 12.2. The van der Waals surface area contributed by atoms with Gasteiger partial charge in [-0.3, -0.25) is 4.79 Å². The van der Waals surface area contributed by atoms with Gasteiger partial charge in [-0.05, 0) is 12.0 Å². The van der Waals surface area contributed by atoms with Gasteiger partial charge in [-0.15, -0.1) is 0 Å². The van der Waals surface area contributed by atoms with E-state index in [9.17, 15) is 10.1 Å². The fourth-order valence-electron chi connectivity index (χ4n) is 2.64. The number of hydrogen-bond acceptors (Lipinski definition) is 4. The van der Waals surface area contributed by atoms with E-state index in [0.717, 1.165) is 5.56 Å². The minimum absolute atomic E-state index is 0.00789. The molecule has 6 nitrogen and oxygen atoms in total. The average Bonchev–Trinajstić information content (AvgIpc) is 2.88. The standard InChI is InChI=1S/C16H14N4O2/c17-9-12-13-15(16(22)19-10-18-13)20(7-4-8-21)14(12)11-5-2-1-3-6-11/h1-3,5-6,10,21H,4,7-8H2,(H,18,19,22). The largest absolute Gasteiger partial charge is 0.396 e. The molecule has 0 aliphatic carbocycles. The zero-order chi connectivity index (χ0) is 15.5. The van der Waals surface area contributed by atoms with E-state index in [0.29, 0.717) is 35.3 Å². The first-order valence-corrected chi connectivity index (χ1v) is 6.94. The van der Waals surface area contributed by atoms with E-state index in [1.54, 1.807) is 4.57 Å². The van der Waals surface area contributed by atoms with Gasteiger partial charge in [0.05, 0.1) is 12.0 Å². The summed E-state index contributed by atoms with van der Waals surface area (Å²) in [6, 6.07) is 11.6. The lowest BCUT2D eigenvalue weighted by molar-refractivity contribution is 0.281. The Morgan fingerprint density at radius 1 is 1.32 bits per heavy atom. The fourth-order valence-corrected chi connectivity index (χ4v) is 2.64. The van der Waals surface area contributed by atoms with Crippen molar-refractivity contribution in [3.63, 3.8) is 0 Å². The van der Waals surface area contributed by atoms with Gasteiger partial charge in [-0.25, -0.2) is 4.98 Å². The van der Waals surface area contributed by atoms with E-state index < -0.39 is 0 Å². The van der Waals surface area contributed by atoms with Gasteiger partial charge >= 0.3 is 0 Å². The molecule has 2 heterocycles. The van der Waals surface area contributed by atoms with Crippen LogP contribution in [0, 0.1) is 11.3 Å². The number of nitriles is 1. The Balaban J connectivity index is 2.41. The predicted molar refractivity (Wildman–Crippen MR) is 82.2 cm³/mol. The predicted octanol–water partition coefficient (Wildman–Crippen LogP) is 1.65. The monoisotopic (exact) mass is 294 g/mol. The fraction of sp³-hybridized carbons (Fsp3) is 0.188. The lowest BCUT2D eigenvalue weighted by Crippen LogP contribution is -2.12. The third-order valence-electron chi connectivity index (χ3n) is 3.54. The number of fused-ring (bicyclic) bond motifs is 1. The van der Waals surface area contributed by atoms with Crippen LogP contribution in [0.4, 0.5) is 0 Å². The van der Waals surface area contributed by atoms with Crippen LogP contribution in [0.5, 0.6) is 0 Å². The van der Waals surface area contributed by atoms with Gasteiger partial charge in [0.25, 0.3) is 5.56 Å². The Morgan fingerprint density at radius 2 is 2.09 bits per heavy atom. The van der Waals surface area contributed by atoms with E-state index in [-0.39, 0.29) is 12.2 Å². The van der Waals surface area contributed by atoms with Crippen LogP contribution in [0.25, 0.3) is 22.3 Å². The first-order valence-electron chi connectivity index (χ1n) is 6.94. The van der Waals surface area contributed by atoms with Crippen LogP contribution in [0.3, 0.4) is 0 Å². The summed E-state index contributed by atoms with van der Waals surface area (Å²) < 4.78 is 1.77. The third-order valence-corrected chi connectivity index (χ3v) is 3.54. The summed E-state index contributed by atoms with van der Waals surface area (Å²) in [5.41, 5.74) is 2.35. The van der Waals surface area contributed by atoms with Crippen molar-refractivity contribution in [2.45, 2.75) is 13.0 Å². The Labute approximate surface area is 126 Å². The summed E-state index contributed by atoms with van der Waals surface area (Å²) in [6.07, 6.45) is 1.79. The molecule has 0 fully saturated rings. The molecule has 0 radical (unpaired) electrons. The number of aliphatic hydroxyl groups excluding tert-OH is 1. The number of hydrogen-bond donors (Lipinski definition) is 2. The molecule has 3 rings (SSSR count). The maximum atomic E-state index is 12.2. The molecule has 0 saturated heterocycles. The molecule has 6 heteroatoms. The van der Waals surface area contributed by atoms with E-state index >= 15 is 0 Å². The molecule has 0 unspecified atom stereocenters. The number of nitrogens with one attached hydrogen (secondary N) is 1. The molecule has 0 aliphatic heterocycles. The molecular formula is C16H14N4O2.